The van der Waals surface area contributed by atoms with Crippen molar-refractivity contribution < 1.29 is 4.74 Å². The van der Waals surface area contributed by atoms with E-state index in [2.05, 4.69) is 15.8 Å². The number of methoxy groups -OCH3 is 1. The van der Waals surface area contributed by atoms with Crippen molar-refractivity contribution in [3.63, 3.8) is 0 Å². The standard InChI is InChI=1S/C13H16ClN3O2S/c1-9(10-3-6-20-8-10)16-11-7-15-17(4-5-19-2)13(18)12(11)14/h3,6-9,16H,4-5H2,1-2H3. The maximum absolute atomic E-state index is 12.0. The molecule has 20 heavy (non-hydrogen) atoms. The molecule has 1 atom stereocenters. The van der Waals surface area contributed by atoms with Crippen molar-refractivity contribution in [2.75, 3.05) is 19.0 Å². The second-order valence-electron chi connectivity index (χ2n) is 4.32. The van der Waals surface area contributed by atoms with Crippen molar-refractivity contribution in [2.24, 2.45) is 0 Å². The second-order valence-corrected chi connectivity index (χ2v) is 5.47. The number of hydrogen-bond acceptors (Lipinski definition) is 5. The Morgan fingerprint density at radius 1 is 1.60 bits per heavy atom. The van der Waals surface area contributed by atoms with Crippen LogP contribution in [0.2, 0.25) is 5.02 Å². The summed E-state index contributed by atoms with van der Waals surface area (Å²) in [5.74, 6) is 0. The van der Waals surface area contributed by atoms with E-state index in [1.807, 2.05) is 18.4 Å². The number of halogens is 1. The zero-order valence-electron chi connectivity index (χ0n) is 11.3. The summed E-state index contributed by atoms with van der Waals surface area (Å²) in [7, 11) is 1.57. The first-order chi connectivity index (χ1) is 9.63. The van der Waals surface area contributed by atoms with Crippen LogP contribution in [0, 0.1) is 0 Å². The van der Waals surface area contributed by atoms with Gasteiger partial charge in [0.25, 0.3) is 5.56 Å². The highest BCUT2D eigenvalue weighted by molar-refractivity contribution is 7.08. The molecule has 0 aliphatic heterocycles. The van der Waals surface area contributed by atoms with E-state index < -0.39 is 0 Å². The Morgan fingerprint density at radius 2 is 2.40 bits per heavy atom. The molecule has 1 unspecified atom stereocenters. The number of thiophene rings is 1. The zero-order chi connectivity index (χ0) is 14.5. The molecule has 7 heteroatoms. The summed E-state index contributed by atoms with van der Waals surface area (Å²) in [5.41, 5.74) is 1.38. The molecule has 2 aromatic heterocycles. The topological polar surface area (TPSA) is 56.1 Å². The van der Waals surface area contributed by atoms with Gasteiger partial charge in [-0.05, 0) is 29.3 Å². The van der Waals surface area contributed by atoms with E-state index >= 15 is 0 Å². The average molecular weight is 314 g/mol. The van der Waals surface area contributed by atoms with E-state index in [9.17, 15) is 4.79 Å². The average Bonchev–Trinajstić information content (AvgIpc) is 2.97. The Labute approximate surface area is 126 Å². The van der Waals surface area contributed by atoms with E-state index in [1.165, 1.54) is 4.68 Å². The Hall–Kier alpha value is -1.37. The highest BCUT2D eigenvalue weighted by Crippen LogP contribution is 2.23. The maximum Gasteiger partial charge on any atom is 0.287 e. The first-order valence-corrected chi connectivity index (χ1v) is 7.48. The van der Waals surface area contributed by atoms with E-state index in [1.54, 1.807) is 24.6 Å². The van der Waals surface area contributed by atoms with Crippen LogP contribution in [0.5, 0.6) is 0 Å². The highest BCUT2D eigenvalue weighted by atomic mass is 35.5. The molecule has 2 heterocycles. The molecule has 0 saturated carbocycles. The van der Waals surface area contributed by atoms with Gasteiger partial charge in [0, 0.05) is 13.2 Å². The molecule has 0 bridgehead atoms. The Balaban J connectivity index is 2.17. The fraction of sp³-hybridized carbons (Fsp3) is 0.385. The number of rotatable bonds is 6. The number of hydrogen-bond donors (Lipinski definition) is 1. The number of nitrogens with zero attached hydrogens (tertiary/aromatic N) is 2. The van der Waals surface area contributed by atoms with Crippen LogP contribution in [0.15, 0.2) is 27.8 Å². The molecule has 0 spiro atoms. The van der Waals surface area contributed by atoms with Gasteiger partial charge in [0.2, 0.25) is 0 Å². The molecule has 108 valence electrons. The Morgan fingerprint density at radius 3 is 3.05 bits per heavy atom. The quantitative estimate of drug-likeness (QED) is 0.891. The van der Waals surface area contributed by atoms with Crippen LogP contribution in [-0.4, -0.2) is 23.5 Å². The Bertz CT molecular complexity index is 613. The molecule has 1 N–H and O–H groups in total. The van der Waals surface area contributed by atoms with Crippen molar-refractivity contribution in [1.82, 2.24) is 9.78 Å². The van der Waals surface area contributed by atoms with Gasteiger partial charge in [-0.3, -0.25) is 4.79 Å². The van der Waals surface area contributed by atoms with Gasteiger partial charge in [-0.25, -0.2) is 4.68 Å². The van der Waals surface area contributed by atoms with Gasteiger partial charge in [0.1, 0.15) is 5.02 Å². The van der Waals surface area contributed by atoms with Crippen molar-refractivity contribution >= 4 is 28.6 Å². The molecule has 0 saturated heterocycles. The lowest BCUT2D eigenvalue weighted by Gasteiger charge is -2.15. The smallest absolute Gasteiger partial charge is 0.287 e. The predicted molar refractivity (Wildman–Crippen MR) is 81.7 cm³/mol. The summed E-state index contributed by atoms with van der Waals surface area (Å²) in [6.45, 7) is 2.81. The molecule has 0 amide bonds. The van der Waals surface area contributed by atoms with Crippen molar-refractivity contribution in [2.45, 2.75) is 19.5 Å². The predicted octanol–water partition coefficient (Wildman–Crippen LogP) is 2.78. The molecule has 0 aliphatic rings. The maximum atomic E-state index is 12.0. The molecular formula is C13H16ClN3O2S. The van der Waals surface area contributed by atoms with Gasteiger partial charge < -0.3 is 10.1 Å². The summed E-state index contributed by atoms with van der Waals surface area (Å²) in [5, 5.41) is 11.5. The first-order valence-electron chi connectivity index (χ1n) is 6.16. The molecular weight excluding hydrogens is 298 g/mol. The second kappa shape index (κ2) is 6.88. The van der Waals surface area contributed by atoms with Crippen LogP contribution >= 0.6 is 22.9 Å². The van der Waals surface area contributed by atoms with E-state index in [0.29, 0.717) is 18.8 Å². The van der Waals surface area contributed by atoms with E-state index in [-0.39, 0.29) is 16.6 Å². The normalized spacial score (nSPS) is 12.3. The molecule has 0 aromatic carbocycles. The van der Waals surface area contributed by atoms with Crippen LogP contribution in [0.25, 0.3) is 0 Å². The third-order valence-electron chi connectivity index (χ3n) is 2.91. The van der Waals surface area contributed by atoms with Crippen LogP contribution < -0.4 is 10.9 Å². The van der Waals surface area contributed by atoms with Crippen LogP contribution in [0.3, 0.4) is 0 Å². The first kappa shape index (κ1) is 15.0. The summed E-state index contributed by atoms with van der Waals surface area (Å²) in [6, 6.07) is 2.10. The van der Waals surface area contributed by atoms with Crippen LogP contribution in [0.1, 0.15) is 18.5 Å². The molecule has 2 aromatic rings. The van der Waals surface area contributed by atoms with Crippen molar-refractivity contribution in [3.05, 3.63) is 44.0 Å². The fourth-order valence-electron chi connectivity index (χ4n) is 1.74. The van der Waals surface area contributed by atoms with Crippen LogP contribution in [-0.2, 0) is 11.3 Å². The van der Waals surface area contributed by atoms with E-state index in [0.717, 1.165) is 5.56 Å². The number of nitrogens with one attached hydrogen (secondary N) is 1. The van der Waals surface area contributed by atoms with Gasteiger partial charge in [0.15, 0.2) is 0 Å². The van der Waals surface area contributed by atoms with Gasteiger partial charge in [-0.2, -0.15) is 16.4 Å². The third-order valence-corrected chi connectivity index (χ3v) is 3.97. The van der Waals surface area contributed by atoms with Gasteiger partial charge in [0.05, 0.1) is 25.0 Å². The summed E-state index contributed by atoms with van der Waals surface area (Å²) in [4.78, 5) is 12.0. The lowest BCUT2D eigenvalue weighted by atomic mass is 10.2. The highest BCUT2D eigenvalue weighted by Gasteiger charge is 2.12. The number of anilines is 1. The number of aromatic nitrogens is 2. The molecule has 0 aliphatic carbocycles. The van der Waals surface area contributed by atoms with E-state index in [4.69, 9.17) is 16.3 Å². The number of ether oxygens (including phenoxy) is 1. The van der Waals surface area contributed by atoms with Crippen LogP contribution in [0.4, 0.5) is 5.69 Å². The summed E-state index contributed by atoms with van der Waals surface area (Å²) < 4.78 is 6.22. The minimum absolute atomic E-state index is 0.0646. The summed E-state index contributed by atoms with van der Waals surface area (Å²) in [6.07, 6.45) is 1.57. The Kier molecular flexibility index (Phi) is 5.17. The molecule has 0 fully saturated rings. The molecule has 2 rings (SSSR count). The van der Waals surface area contributed by atoms with Gasteiger partial charge in [-0.1, -0.05) is 11.6 Å². The SMILES string of the molecule is COCCn1ncc(NC(C)c2ccsc2)c(Cl)c1=O. The zero-order valence-corrected chi connectivity index (χ0v) is 12.9. The fourth-order valence-corrected chi connectivity index (χ4v) is 2.70. The van der Waals surface area contributed by atoms with Gasteiger partial charge >= 0.3 is 0 Å². The molecule has 5 nitrogen and oxygen atoms in total. The van der Waals surface area contributed by atoms with Crippen molar-refractivity contribution in [3.8, 4) is 0 Å². The van der Waals surface area contributed by atoms with Crippen molar-refractivity contribution in [1.29, 1.82) is 0 Å². The minimum atomic E-state index is -0.314. The van der Waals surface area contributed by atoms with Gasteiger partial charge in [-0.15, -0.1) is 0 Å². The molecule has 0 radical (unpaired) electrons. The monoisotopic (exact) mass is 313 g/mol. The largest absolute Gasteiger partial charge is 0.383 e. The summed E-state index contributed by atoms with van der Waals surface area (Å²) >= 11 is 7.74. The lowest BCUT2D eigenvalue weighted by Crippen LogP contribution is -2.26. The minimum Gasteiger partial charge on any atom is -0.383 e. The third kappa shape index (κ3) is 3.39. The lowest BCUT2D eigenvalue weighted by molar-refractivity contribution is 0.182.